The van der Waals surface area contributed by atoms with Crippen LogP contribution in [0.2, 0.25) is 0 Å². The minimum Gasteiger partial charge on any atom is -0.361 e. The molecule has 2 heterocycles. The fraction of sp³-hybridized carbons (Fsp3) is 0.615. The molecule has 0 aromatic carbocycles. The Hall–Kier alpha value is -1.85. The van der Waals surface area contributed by atoms with Gasteiger partial charge < -0.3 is 15.2 Å². The number of hydrogen-bond donors (Lipinski definition) is 2. The number of aryl methyl sites for hydroxylation is 2. The molecule has 0 radical (unpaired) electrons. The van der Waals surface area contributed by atoms with Gasteiger partial charge in [-0.3, -0.25) is 9.59 Å². The van der Waals surface area contributed by atoms with Gasteiger partial charge in [-0.25, -0.2) is 0 Å². The van der Waals surface area contributed by atoms with Gasteiger partial charge in [-0.1, -0.05) is 5.16 Å². The van der Waals surface area contributed by atoms with Crippen molar-refractivity contribution in [1.82, 2.24) is 15.8 Å². The Labute approximate surface area is 111 Å². The first-order valence-corrected chi connectivity index (χ1v) is 6.56. The molecule has 19 heavy (non-hydrogen) atoms. The molecule has 2 rings (SSSR count). The van der Waals surface area contributed by atoms with E-state index in [1.54, 1.807) is 13.8 Å². The van der Waals surface area contributed by atoms with E-state index in [0.29, 0.717) is 18.7 Å². The van der Waals surface area contributed by atoms with Crippen molar-refractivity contribution in [3.8, 4) is 0 Å². The standard InChI is InChI=1S/C13H19N3O3/c1-8-10(9(2)19-16-8)7-12(17)15-11-5-3-4-6-14-13(11)18/h11H,3-7H2,1-2H3,(H,14,18)(H,15,17). The molecule has 0 saturated carbocycles. The molecule has 1 aliphatic heterocycles. The van der Waals surface area contributed by atoms with Gasteiger partial charge in [0.15, 0.2) is 0 Å². The molecule has 1 aromatic heterocycles. The largest absolute Gasteiger partial charge is 0.361 e. The summed E-state index contributed by atoms with van der Waals surface area (Å²) in [5, 5.41) is 9.39. The van der Waals surface area contributed by atoms with Crippen LogP contribution in [0.1, 0.15) is 36.3 Å². The van der Waals surface area contributed by atoms with Crippen LogP contribution in [0.15, 0.2) is 4.52 Å². The van der Waals surface area contributed by atoms with Crippen LogP contribution in [0.5, 0.6) is 0 Å². The van der Waals surface area contributed by atoms with Crippen molar-refractivity contribution in [1.29, 1.82) is 0 Å². The Bertz CT molecular complexity index is 462. The molecule has 1 unspecified atom stereocenters. The molecule has 0 aliphatic carbocycles. The second kappa shape index (κ2) is 5.86. The molecular weight excluding hydrogens is 246 g/mol. The van der Waals surface area contributed by atoms with Crippen LogP contribution >= 0.6 is 0 Å². The Morgan fingerprint density at radius 1 is 1.47 bits per heavy atom. The van der Waals surface area contributed by atoms with Crippen LogP contribution in [-0.4, -0.2) is 29.6 Å². The van der Waals surface area contributed by atoms with E-state index in [9.17, 15) is 9.59 Å². The lowest BCUT2D eigenvalue weighted by molar-refractivity contribution is -0.128. The molecule has 104 valence electrons. The van der Waals surface area contributed by atoms with Crippen LogP contribution in [0, 0.1) is 13.8 Å². The number of nitrogens with one attached hydrogen (secondary N) is 2. The van der Waals surface area contributed by atoms with Crippen LogP contribution in [-0.2, 0) is 16.0 Å². The second-order valence-electron chi connectivity index (χ2n) is 4.89. The summed E-state index contributed by atoms with van der Waals surface area (Å²) in [6.45, 7) is 4.27. The molecule has 6 heteroatoms. The number of amides is 2. The molecule has 1 aromatic rings. The van der Waals surface area contributed by atoms with E-state index in [-0.39, 0.29) is 18.2 Å². The maximum Gasteiger partial charge on any atom is 0.242 e. The van der Waals surface area contributed by atoms with Gasteiger partial charge in [-0.05, 0) is 33.1 Å². The highest BCUT2D eigenvalue weighted by Crippen LogP contribution is 2.13. The first-order chi connectivity index (χ1) is 9.08. The summed E-state index contributed by atoms with van der Waals surface area (Å²) in [5.41, 5.74) is 1.52. The van der Waals surface area contributed by atoms with Gasteiger partial charge in [0.1, 0.15) is 11.8 Å². The maximum atomic E-state index is 12.0. The first kappa shape index (κ1) is 13.6. The van der Waals surface area contributed by atoms with E-state index in [1.165, 1.54) is 0 Å². The number of aromatic nitrogens is 1. The van der Waals surface area contributed by atoms with Crippen molar-refractivity contribution >= 4 is 11.8 Å². The van der Waals surface area contributed by atoms with Gasteiger partial charge in [0.2, 0.25) is 11.8 Å². The average Bonchev–Trinajstić information content (AvgIpc) is 2.57. The predicted molar refractivity (Wildman–Crippen MR) is 68.5 cm³/mol. The highest BCUT2D eigenvalue weighted by Gasteiger charge is 2.23. The number of rotatable bonds is 3. The highest BCUT2D eigenvalue weighted by molar-refractivity contribution is 5.88. The quantitative estimate of drug-likeness (QED) is 0.839. The van der Waals surface area contributed by atoms with Crippen molar-refractivity contribution in [2.24, 2.45) is 0 Å². The van der Waals surface area contributed by atoms with Gasteiger partial charge in [0, 0.05) is 12.1 Å². The summed E-state index contributed by atoms with van der Waals surface area (Å²) < 4.78 is 5.02. The smallest absolute Gasteiger partial charge is 0.242 e. The number of hydrogen-bond acceptors (Lipinski definition) is 4. The zero-order chi connectivity index (χ0) is 13.8. The Balaban J connectivity index is 1.95. The summed E-state index contributed by atoms with van der Waals surface area (Å²) >= 11 is 0. The van der Waals surface area contributed by atoms with E-state index < -0.39 is 6.04 Å². The third-order valence-electron chi connectivity index (χ3n) is 3.39. The van der Waals surface area contributed by atoms with Gasteiger partial charge >= 0.3 is 0 Å². The molecule has 1 aliphatic rings. The lowest BCUT2D eigenvalue weighted by Crippen LogP contribution is -2.46. The normalized spacial score (nSPS) is 19.7. The fourth-order valence-electron chi connectivity index (χ4n) is 2.24. The molecule has 0 spiro atoms. The summed E-state index contributed by atoms with van der Waals surface area (Å²) in [6.07, 6.45) is 2.79. The number of carbonyl (C=O) groups excluding carboxylic acids is 2. The molecule has 2 N–H and O–H groups in total. The zero-order valence-electron chi connectivity index (χ0n) is 11.3. The third kappa shape index (κ3) is 3.33. The van der Waals surface area contributed by atoms with Crippen molar-refractivity contribution in [3.63, 3.8) is 0 Å². The van der Waals surface area contributed by atoms with Crippen molar-refractivity contribution in [2.45, 2.75) is 45.6 Å². The first-order valence-electron chi connectivity index (χ1n) is 6.56. The summed E-state index contributed by atoms with van der Waals surface area (Å²) in [6, 6.07) is -0.421. The van der Waals surface area contributed by atoms with E-state index >= 15 is 0 Å². The van der Waals surface area contributed by atoms with Crippen LogP contribution < -0.4 is 10.6 Å². The SMILES string of the molecule is Cc1noc(C)c1CC(=O)NC1CCCCNC1=O. The Morgan fingerprint density at radius 2 is 2.26 bits per heavy atom. The molecule has 0 bridgehead atoms. The summed E-state index contributed by atoms with van der Waals surface area (Å²) in [5.74, 6) is 0.388. The Morgan fingerprint density at radius 3 is 2.95 bits per heavy atom. The van der Waals surface area contributed by atoms with Crippen molar-refractivity contribution in [2.75, 3.05) is 6.54 Å². The molecule has 1 atom stereocenters. The van der Waals surface area contributed by atoms with Gasteiger partial charge in [0.05, 0.1) is 12.1 Å². The Kier molecular flexibility index (Phi) is 4.19. The van der Waals surface area contributed by atoms with Crippen LogP contribution in [0.4, 0.5) is 0 Å². The lowest BCUT2D eigenvalue weighted by Gasteiger charge is -2.15. The maximum absolute atomic E-state index is 12.0. The van der Waals surface area contributed by atoms with E-state index in [2.05, 4.69) is 15.8 Å². The topological polar surface area (TPSA) is 84.2 Å². The second-order valence-corrected chi connectivity index (χ2v) is 4.89. The zero-order valence-corrected chi connectivity index (χ0v) is 11.3. The fourth-order valence-corrected chi connectivity index (χ4v) is 2.24. The van der Waals surface area contributed by atoms with E-state index in [0.717, 1.165) is 24.1 Å². The molecule has 1 saturated heterocycles. The minimum atomic E-state index is -0.421. The van der Waals surface area contributed by atoms with E-state index in [1.807, 2.05) is 0 Å². The number of nitrogens with zero attached hydrogens (tertiary/aromatic N) is 1. The summed E-state index contributed by atoms with van der Waals surface area (Å²) in [4.78, 5) is 23.7. The average molecular weight is 265 g/mol. The minimum absolute atomic E-state index is 0.0930. The van der Waals surface area contributed by atoms with Gasteiger partial charge in [-0.15, -0.1) is 0 Å². The molecule has 2 amide bonds. The van der Waals surface area contributed by atoms with Gasteiger partial charge in [-0.2, -0.15) is 0 Å². The molecular formula is C13H19N3O3. The monoisotopic (exact) mass is 265 g/mol. The molecule has 1 fully saturated rings. The van der Waals surface area contributed by atoms with Crippen molar-refractivity contribution < 1.29 is 14.1 Å². The van der Waals surface area contributed by atoms with E-state index in [4.69, 9.17) is 4.52 Å². The predicted octanol–water partition coefficient (Wildman–Crippen LogP) is 0.619. The third-order valence-corrected chi connectivity index (χ3v) is 3.39. The molecule has 6 nitrogen and oxygen atoms in total. The van der Waals surface area contributed by atoms with Gasteiger partial charge in [0.25, 0.3) is 0 Å². The number of carbonyl (C=O) groups is 2. The van der Waals surface area contributed by atoms with Crippen molar-refractivity contribution in [3.05, 3.63) is 17.0 Å². The van der Waals surface area contributed by atoms with Crippen LogP contribution in [0.3, 0.4) is 0 Å². The highest BCUT2D eigenvalue weighted by atomic mass is 16.5. The summed E-state index contributed by atoms with van der Waals surface area (Å²) in [7, 11) is 0. The lowest BCUT2D eigenvalue weighted by atomic mass is 10.1. The van der Waals surface area contributed by atoms with Crippen LogP contribution in [0.25, 0.3) is 0 Å².